The number of pyridine rings is 1. The number of nitrogens with zero attached hydrogens (tertiary/aromatic N) is 3. The molecule has 1 atom stereocenters. The summed E-state index contributed by atoms with van der Waals surface area (Å²) in [6.07, 6.45) is 3.76. The highest BCUT2D eigenvalue weighted by Gasteiger charge is 2.30. The van der Waals surface area contributed by atoms with E-state index in [0.717, 1.165) is 44.7 Å². The quantitative estimate of drug-likeness (QED) is 0.154. The number of halogens is 1. The fourth-order valence-electron chi connectivity index (χ4n) is 6.65. The van der Waals surface area contributed by atoms with Crippen molar-refractivity contribution in [1.29, 1.82) is 0 Å². The van der Waals surface area contributed by atoms with Crippen molar-refractivity contribution in [1.82, 2.24) is 15.2 Å². The van der Waals surface area contributed by atoms with Crippen molar-refractivity contribution < 1.29 is 13.6 Å². The second-order valence-electron chi connectivity index (χ2n) is 12.6. The molecule has 0 aliphatic heterocycles. The number of nitrogens with one attached hydrogen (secondary N) is 1. The number of nitrogens with two attached hydrogens (primary N) is 1. The highest BCUT2D eigenvalue weighted by molar-refractivity contribution is 7.23. The molecule has 0 radical (unpaired) electrons. The van der Waals surface area contributed by atoms with Crippen molar-refractivity contribution in [2.45, 2.75) is 58.9 Å². The lowest BCUT2D eigenvalue weighted by molar-refractivity contribution is 0.0999. The van der Waals surface area contributed by atoms with Gasteiger partial charge in [0.2, 0.25) is 11.8 Å². The Balaban J connectivity index is 1.41. The van der Waals surface area contributed by atoms with E-state index in [2.05, 4.69) is 77.9 Å². The van der Waals surface area contributed by atoms with E-state index >= 15 is 0 Å². The second-order valence-corrected chi connectivity index (χ2v) is 13.7. The molecule has 1 aliphatic carbocycles. The van der Waals surface area contributed by atoms with Crippen molar-refractivity contribution in [2.24, 2.45) is 11.7 Å². The number of carbonyl (C=O) groups is 1. The number of hydrogen-bond donors (Lipinski definition) is 2. The number of aryl methyl sites for hydroxylation is 4. The maximum absolute atomic E-state index is 13.7. The fourth-order valence-corrected chi connectivity index (χ4v) is 7.85. The van der Waals surface area contributed by atoms with Gasteiger partial charge in [0.05, 0.1) is 38.9 Å². The van der Waals surface area contributed by atoms with Crippen molar-refractivity contribution in [2.75, 3.05) is 5.32 Å². The van der Waals surface area contributed by atoms with Crippen LogP contribution < -0.4 is 11.1 Å². The highest BCUT2D eigenvalue weighted by Crippen LogP contribution is 2.46. The number of primary amides is 1. The van der Waals surface area contributed by atoms with Gasteiger partial charge in [0.25, 0.3) is 5.91 Å². The summed E-state index contributed by atoms with van der Waals surface area (Å²) < 4.78 is 20.8. The molecule has 3 aromatic heterocycles. The minimum absolute atomic E-state index is 0.220. The standard InChI is InChI=1S/C38H36FN5O2S/c1-21(2)19-31-33(37(40)45)35(34(38-44-43-22(3)46-38)29(42-31)17-13-23-11-15-26(39)16-12-23)32-20-25-8-6-10-30(36(25)47-32)41-28-18-14-24-7-4-5-9-27(24)28/h4-12,15-16,20-21,28,41H,13-14,17-19H2,1-3H3,(H2,40,45)/t28-/m1/s1. The Hall–Kier alpha value is -4.89. The van der Waals surface area contributed by atoms with Gasteiger partial charge in [-0.2, -0.15) is 0 Å². The molecule has 7 nitrogen and oxygen atoms in total. The van der Waals surface area contributed by atoms with Crippen molar-refractivity contribution in [3.05, 3.63) is 118 Å². The SMILES string of the molecule is Cc1nnc(-c2c(CCc3ccc(F)cc3)nc(CC(C)C)c(C(N)=O)c2-c2cc3cccc(N[C@@H]4CCc5ccccc54)c3s2)o1. The number of benzene rings is 3. The summed E-state index contributed by atoms with van der Waals surface area (Å²) in [6.45, 7) is 5.93. The number of carbonyl (C=O) groups excluding carboxylic acids is 1. The average molecular weight is 646 g/mol. The van der Waals surface area contributed by atoms with Crippen LogP contribution in [0.15, 0.2) is 77.2 Å². The maximum Gasteiger partial charge on any atom is 0.251 e. The van der Waals surface area contributed by atoms with E-state index in [1.165, 1.54) is 23.3 Å². The molecule has 238 valence electrons. The second kappa shape index (κ2) is 12.7. The van der Waals surface area contributed by atoms with Crippen LogP contribution in [0.3, 0.4) is 0 Å². The van der Waals surface area contributed by atoms with Gasteiger partial charge >= 0.3 is 0 Å². The Bertz CT molecular complexity index is 2100. The molecule has 0 saturated carbocycles. The average Bonchev–Trinajstić information content (AvgIpc) is 3.79. The number of amides is 1. The lowest BCUT2D eigenvalue weighted by atomic mass is 9.91. The molecule has 0 fully saturated rings. The highest BCUT2D eigenvalue weighted by atomic mass is 32.1. The van der Waals surface area contributed by atoms with Gasteiger partial charge in [0.1, 0.15) is 5.82 Å². The van der Waals surface area contributed by atoms with E-state index in [4.69, 9.17) is 15.1 Å². The molecule has 0 spiro atoms. The maximum atomic E-state index is 13.7. The van der Waals surface area contributed by atoms with Gasteiger partial charge in [-0.25, -0.2) is 4.39 Å². The van der Waals surface area contributed by atoms with Crippen LogP contribution >= 0.6 is 11.3 Å². The van der Waals surface area contributed by atoms with Gasteiger partial charge < -0.3 is 15.5 Å². The molecule has 7 rings (SSSR count). The van der Waals surface area contributed by atoms with E-state index in [1.54, 1.807) is 30.4 Å². The van der Waals surface area contributed by atoms with Crippen LogP contribution in [0.1, 0.15) is 70.6 Å². The Labute approximate surface area is 277 Å². The summed E-state index contributed by atoms with van der Waals surface area (Å²) >= 11 is 1.61. The van der Waals surface area contributed by atoms with E-state index in [9.17, 15) is 9.18 Å². The molecule has 3 heterocycles. The third kappa shape index (κ3) is 6.15. The van der Waals surface area contributed by atoms with Crippen LogP contribution in [0.5, 0.6) is 0 Å². The van der Waals surface area contributed by atoms with Gasteiger partial charge in [-0.15, -0.1) is 21.5 Å². The minimum atomic E-state index is -0.552. The predicted octanol–water partition coefficient (Wildman–Crippen LogP) is 8.64. The Morgan fingerprint density at radius 2 is 1.83 bits per heavy atom. The normalized spacial score (nSPS) is 14.2. The van der Waals surface area contributed by atoms with Gasteiger partial charge in [-0.05, 0) is 84.4 Å². The van der Waals surface area contributed by atoms with Crippen LogP contribution in [-0.4, -0.2) is 21.1 Å². The summed E-state index contributed by atoms with van der Waals surface area (Å²) in [6, 6.07) is 23.7. The summed E-state index contributed by atoms with van der Waals surface area (Å²) in [5.41, 5.74) is 14.0. The predicted molar refractivity (Wildman–Crippen MR) is 185 cm³/mol. The van der Waals surface area contributed by atoms with E-state index < -0.39 is 5.91 Å². The molecule has 1 aliphatic rings. The molecule has 9 heteroatoms. The summed E-state index contributed by atoms with van der Waals surface area (Å²) in [5, 5.41) is 13.4. The Kier molecular flexibility index (Phi) is 8.32. The first-order valence-electron chi connectivity index (χ1n) is 16.0. The van der Waals surface area contributed by atoms with Gasteiger partial charge in [-0.3, -0.25) is 9.78 Å². The van der Waals surface area contributed by atoms with E-state index in [0.29, 0.717) is 47.5 Å². The first kappa shape index (κ1) is 30.7. The molecule has 47 heavy (non-hydrogen) atoms. The molecule has 0 saturated heterocycles. The summed E-state index contributed by atoms with van der Waals surface area (Å²) in [7, 11) is 0. The molecule has 1 amide bonds. The van der Waals surface area contributed by atoms with Crippen LogP contribution in [0.2, 0.25) is 0 Å². The molecule has 3 N–H and O–H groups in total. The zero-order valence-corrected chi connectivity index (χ0v) is 27.5. The zero-order chi connectivity index (χ0) is 32.7. The number of fused-ring (bicyclic) bond motifs is 2. The van der Waals surface area contributed by atoms with Gasteiger partial charge in [-0.1, -0.05) is 62.4 Å². The number of rotatable bonds is 10. The first-order chi connectivity index (χ1) is 22.7. The smallest absolute Gasteiger partial charge is 0.251 e. The number of hydrogen-bond acceptors (Lipinski definition) is 7. The van der Waals surface area contributed by atoms with Gasteiger partial charge in [0, 0.05) is 17.4 Å². The topological polar surface area (TPSA) is 107 Å². The monoisotopic (exact) mass is 645 g/mol. The van der Waals surface area contributed by atoms with Crippen LogP contribution in [0.4, 0.5) is 10.1 Å². The zero-order valence-electron chi connectivity index (χ0n) is 26.6. The summed E-state index contributed by atoms with van der Waals surface area (Å²) in [4.78, 5) is 19.4. The minimum Gasteiger partial charge on any atom is -0.421 e. The molecular weight excluding hydrogens is 610 g/mol. The Morgan fingerprint density at radius 1 is 1.02 bits per heavy atom. The molecule has 3 aromatic carbocycles. The number of aromatic nitrogens is 3. The number of anilines is 1. The summed E-state index contributed by atoms with van der Waals surface area (Å²) in [5.74, 6) is 0.0847. The van der Waals surface area contributed by atoms with Crippen molar-refractivity contribution in [3.8, 4) is 21.9 Å². The third-order valence-corrected chi connectivity index (χ3v) is 9.95. The third-order valence-electron chi connectivity index (χ3n) is 8.75. The van der Waals surface area contributed by atoms with Gasteiger partial charge in [0.15, 0.2) is 0 Å². The van der Waals surface area contributed by atoms with Crippen molar-refractivity contribution in [3.63, 3.8) is 0 Å². The first-order valence-corrected chi connectivity index (χ1v) is 16.8. The van der Waals surface area contributed by atoms with Crippen molar-refractivity contribution >= 4 is 33.0 Å². The lowest BCUT2D eigenvalue weighted by Gasteiger charge is -2.19. The largest absolute Gasteiger partial charge is 0.421 e. The van der Waals surface area contributed by atoms with E-state index in [-0.39, 0.29) is 23.7 Å². The molecular formula is C38H36FN5O2S. The molecule has 0 bridgehead atoms. The Morgan fingerprint density at radius 3 is 2.57 bits per heavy atom. The van der Waals surface area contributed by atoms with Crippen LogP contribution in [0.25, 0.3) is 32.0 Å². The van der Waals surface area contributed by atoms with E-state index in [1.807, 2.05) is 0 Å². The molecule has 0 unspecified atom stereocenters. The lowest BCUT2D eigenvalue weighted by Crippen LogP contribution is -2.20. The number of thiophene rings is 1. The van der Waals surface area contributed by atoms with Crippen LogP contribution in [0, 0.1) is 18.7 Å². The van der Waals surface area contributed by atoms with Crippen LogP contribution in [-0.2, 0) is 25.7 Å². The fraction of sp³-hybridized carbons (Fsp3) is 0.263. The molecule has 6 aromatic rings.